The maximum absolute atomic E-state index is 3.97. The van der Waals surface area contributed by atoms with Crippen LogP contribution in [0.3, 0.4) is 0 Å². The first-order valence-corrected chi connectivity index (χ1v) is 4.20. The van der Waals surface area contributed by atoms with Crippen LogP contribution >= 0.6 is 0 Å². The average Bonchev–Trinajstić information content (AvgIpc) is 2.58. The topological polar surface area (TPSA) is 17.8 Å². The quantitative estimate of drug-likeness (QED) is 0.644. The fourth-order valence-corrected chi connectivity index (χ4v) is 0.923. The molecule has 0 spiro atoms. The summed E-state index contributed by atoms with van der Waals surface area (Å²) in [7, 11) is 0. The molecule has 0 N–H and O–H groups in total. The average molecular weight is 174 g/mol. The standard InChI is InChI=1S/C11H14N2/c1-4-11(6-5-10(2)3)13-8-7-12-9-13/h4-9H,1H2,2-3H3/b11-6+. The van der Waals surface area contributed by atoms with Crippen LogP contribution in [0.2, 0.25) is 0 Å². The minimum absolute atomic E-state index is 1.03. The lowest BCUT2D eigenvalue weighted by Crippen LogP contribution is -1.88. The van der Waals surface area contributed by atoms with E-state index in [4.69, 9.17) is 0 Å². The molecule has 0 aliphatic heterocycles. The lowest BCUT2D eigenvalue weighted by atomic mass is 10.3. The summed E-state index contributed by atoms with van der Waals surface area (Å²) in [5, 5.41) is 0. The Bertz CT molecular complexity index is 325. The number of imidazole rings is 1. The van der Waals surface area contributed by atoms with Crippen molar-refractivity contribution in [2.75, 3.05) is 0 Å². The molecular weight excluding hydrogens is 160 g/mol. The van der Waals surface area contributed by atoms with Gasteiger partial charge in [0, 0.05) is 18.1 Å². The Morgan fingerprint density at radius 1 is 1.38 bits per heavy atom. The molecule has 68 valence electrons. The van der Waals surface area contributed by atoms with Crippen molar-refractivity contribution in [2.24, 2.45) is 0 Å². The van der Waals surface area contributed by atoms with Crippen molar-refractivity contribution < 1.29 is 0 Å². The molecule has 0 bridgehead atoms. The summed E-state index contributed by atoms with van der Waals surface area (Å²) in [6, 6.07) is 0. The Morgan fingerprint density at radius 3 is 2.62 bits per heavy atom. The van der Waals surface area contributed by atoms with Crippen molar-refractivity contribution in [3.63, 3.8) is 0 Å². The first-order chi connectivity index (χ1) is 6.24. The minimum atomic E-state index is 1.03. The molecule has 0 saturated heterocycles. The van der Waals surface area contributed by atoms with Gasteiger partial charge in [-0.3, -0.25) is 0 Å². The summed E-state index contributed by atoms with van der Waals surface area (Å²) >= 11 is 0. The van der Waals surface area contributed by atoms with Crippen LogP contribution in [-0.4, -0.2) is 9.55 Å². The van der Waals surface area contributed by atoms with Crippen molar-refractivity contribution >= 4 is 5.70 Å². The number of nitrogens with zero attached hydrogens (tertiary/aromatic N) is 2. The summed E-state index contributed by atoms with van der Waals surface area (Å²) in [4.78, 5) is 3.97. The number of allylic oxidation sites excluding steroid dienone is 5. The van der Waals surface area contributed by atoms with E-state index in [9.17, 15) is 0 Å². The summed E-state index contributed by atoms with van der Waals surface area (Å²) in [5.74, 6) is 0. The van der Waals surface area contributed by atoms with E-state index in [2.05, 4.69) is 31.5 Å². The molecule has 1 heterocycles. The van der Waals surface area contributed by atoms with E-state index in [1.54, 1.807) is 18.6 Å². The second-order valence-electron chi connectivity index (χ2n) is 3.01. The Morgan fingerprint density at radius 2 is 2.15 bits per heavy atom. The second-order valence-corrected chi connectivity index (χ2v) is 3.01. The van der Waals surface area contributed by atoms with Crippen molar-refractivity contribution in [3.05, 3.63) is 49.1 Å². The van der Waals surface area contributed by atoms with Crippen LogP contribution in [0, 0.1) is 0 Å². The zero-order valence-electron chi connectivity index (χ0n) is 8.07. The Balaban J connectivity index is 2.92. The SMILES string of the molecule is C=C/C(=C\C=C(C)C)n1ccnc1. The normalized spacial score (nSPS) is 11.1. The molecule has 1 aromatic rings. The summed E-state index contributed by atoms with van der Waals surface area (Å²) in [6.07, 6.45) is 11.3. The second kappa shape index (κ2) is 4.45. The van der Waals surface area contributed by atoms with E-state index < -0.39 is 0 Å². The maximum Gasteiger partial charge on any atom is 0.0991 e. The summed E-state index contributed by atoms with van der Waals surface area (Å²) in [6.45, 7) is 7.87. The molecule has 0 atom stereocenters. The van der Waals surface area contributed by atoms with Gasteiger partial charge in [0.15, 0.2) is 0 Å². The molecule has 0 fully saturated rings. The van der Waals surface area contributed by atoms with Gasteiger partial charge in [-0.1, -0.05) is 18.2 Å². The van der Waals surface area contributed by atoms with Crippen molar-refractivity contribution in [1.82, 2.24) is 9.55 Å². The lowest BCUT2D eigenvalue weighted by Gasteiger charge is -2.00. The van der Waals surface area contributed by atoms with Gasteiger partial charge in [-0.05, 0) is 26.0 Å². The van der Waals surface area contributed by atoms with Crippen LogP contribution in [0.15, 0.2) is 49.1 Å². The highest BCUT2D eigenvalue weighted by Gasteiger charge is 1.91. The predicted octanol–water partition coefficient (Wildman–Crippen LogP) is 2.88. The zero-order valence-corrected chi connectivity index (χ0v) is 8.07. The van der Waals surface area contributed by atoms with Gasteiger partial charge in [0.1, 0.15) is 0 Å². The highest BCUT2D eigenvalue weighted by atomic mass is 15.0. The zero-order chi connectivity index (χ0) is 9.68. The minimum Gasteiger partial charge on any atom is -0.306 e. The molecule has 1 rings (SSSR count). The molecule has 0 amide bonds. The molecule has 13 heavy (non-hydrogen) atoms. The first kappa shape index (κ1) is 9.52. The van der Waals surface area contributed by atoms with Crippen LogP contribution in [-0.2, 0) is 0 Å². The Labute approximate surface area is 78.9 Å². The van der Waals surface area contributed by atoms with E-state index >= 15 is 0 Å². The highest BCUT2D eigenvalue weighted by Crippen LogP contribution is 2.05. The number of hydrogen-bond donors (Lipinski definition) is 0. The molecule has 0 aromatic carbocycles. The molecule has 1 aromatic heterocycles. The molecular formula is C11H14N2. The van der Waals surface area contributed by atoms with Crippen molar-refractivity contribution in [2.45, 2.75) is 13.8 Å². The fraction of sp³-hybridized carbons (Fsp3) is 0.182. The van der Waals surface area contributed by atoms with E-state index in [0.717, 1.165) is 5.70 Å². The third kappa shape index (κ3) is 2.75. The molecule has 2 heteroatoms. The van der Waals surface area contributed by atoms with E-state index in [1.165, 1.54) is 5.57 Å². The molecule has 0 radical (unpaired) electrons. The number of aromatic nitrogens is 2. The first-order valence-electron chi connectivity index (χ1n) is 4.20. The molecule has 0 unspecified atom stereocenters. The molecule has 2 nitrogen and oxygen atoms in total. The van der Waals surface area contributed by atoms with Gasteiger partial charge in [0.25, 0.3) is 0 Å². The Hall–Kier alpha value is -1.57. The van der Waals surface area contributed by atoms with Crippen LogP contribution in [0.4, 0.5) is 0 Å². The van der Waals surface area contributed by atoms with Gasteiger partial charge in [0.05, 0.1) is 6.33 Å². The molecule has 0 aliphatic rings. The molecule has 0 aliphatic carbocycles. The third-order valence-electron chi connectivity index (χ3n) is 1.60. The highest BCUT2D eigenvalue weighted by molar-refractivity contribution is 5.58. The van der Waals surface area contributed by atoms with Crippen LogP contribution < -0.4 is 0 Å². The van der Waals surface area contributed by atoms with E-state index in [-0.39, 0.29) is 0 Å². The van der Waals surface area contributed by atoms with Gasteiger partial charge in [-0.2, -0.15) is 0 Å². The van der Waals surface area contributed by atoms with Gasteiger partial charge < -0.3 is 4.57 Å². The van der Waals surface area contributed by atoms with Crippen LogP contribution in [0.1, 0.15) is 13.8 Å². The van der Waals surface area contributed by atoms with Gasteiger partial charge >= 0.3 is 0 Å². The van der Waals surface area contributed by atoms with Gasteiger partial charge in [-0.25, -0.2) is 4.98 Å². The lowest BCUT2D eigenvalue weighted by molar-refractivity contribution is 1.10. The van der Waals surface area contributed by atoms with Crippen LogP contribution in [0.25, 0.3) is 5.70 Å². The third-order valence-corrected chi connectivity index (χ3v) is 1.60. The van der Waals surface area contributed by atoms with Crippen LogP contribution in [0.5, 0.6) is 0 Å². The van der Waals surface area contributed by atoms with Crippen molar-refractivity contribution in [1.29, 1.82) is 0 Å². The Kier molecular flexibility index (Phi) is 3.26. The van der Waals surface area contributed by atoms with E-state index in [0.29, 0.717) is 0 Å². The number of hydrogen-bond acceptors (Lipinski definition) is 1. The van der Waals surface area contributed by atoms with Crippen molar-refractivity contribution in [3.8, 4) is 0 Å². The molecule has 0 saturated carbocycles. The monoisotopic (exact) mass is 174 g/mol. The van der Waals surface area contributed by atoms with Gasteiger partial charge in [-0.15, -0.1) is 0 Å². The van der Waals surface area contributed by atoms with E-state index in [1.807, 2.05) is 16.8 Å². The summed E-state index contributed by atoms with van der Waals surface area (Å²) < 4.78 is 1.92. The largest absolute Gasteiger partial charge is 0.306 e. The smallest absolute Gasteiger partial charge is 0.0991 e. The van der Waals surface area contributed by atoms with Gasteiger partial charge in [0.2, 0.25) is 0 Å². The number of rotatable bonds is 3. The summed E-state index contributed by atoms with van der Waals surface area (Å²) in [5.41, 5.74) is 2.29. The maximum atomic E-state index is 3.97. The fourth-order valence-electron chi connectivity index (χ4n) is 0.923. The predicted molar refractivity (Wildman–Crippen MR) is 56.1 cm³/mol.